The first-order chi connectivity index (χ1) is 13.8. The highest BCUT2D eigenvalue weighted by Gasteiger charge is 2.39. The zero-order chi connectivity index (χ0) is 21.1. The van der Waals surface area contributed by atoms with Gasteiger partial charge in [-0.05, 0) is 37.1 Å². The molecule has 29 heavy (non-hydrogen) atoms. The number of nitrogens with zero attached hydrogens (tertiary/aromatic N) is 1. The number of sulfonamides is 1. The standard InChI is InChI=1S/C19H21ClN2O6S/c1-27-17-7-6-14(20)12-15(17)19(8-10-28-11-9-19)13-21-29(25,26)18-5-3-2-4-16(18)22(23)24/h2-7,12,21H,8-11,13H2,1H3. The Hall–Kier alpha value is -2.20. The summed E-state index contributed by atoms with van der Waals surface area (Å²) in [7, 11) is -2.58. The van der Waals surface area contributed by atoms with Gasteiger partial charge in [0.15, 0.2) is 4.90 Å². The Morgan fingerprint density at radius 1 is 1.24 bits per heavy atom. The highest BCUT2D eigenvalue weighted by molar-refractivity contribution is 7.89. The number of nitro benzene ring substituents is 1. The third kappa shape index (κ3) is 4.53. The zero-order valence-electron chi connectivity index (χ0n) is 15.8. The molecule has 0 radical (unpaired) electrons. The van der Waals surface area contributed by atoms with Crippen molar-refractivity contribution in [3.05, 3.63) is 63.2 Å². The van der Waals surface area contributed by atoms with E-state index in [2.05, 4.69) is 4.72 Å². The fourth-order valence-electron chi connectivity index (χ4n) is 3.54. The number of ether oxygens (including phenoxy) is 2. The van der Waals surface area contributed by atoms with Gasteiger partial charge in [-0.15, -0.1) is 0 Å². The molecular weight excluding hydrogens is 420 g/mol. The van der Waals surface area contributed by atoms with E-state index in [0.717, 1.165) is 5.56 Å². The average Bonchev–Trinajstić information content (AvgIpc) is 2.73. The van der Waals surface area contributed by atoms with E-state index in [0.29, 0.717) is 36.8 Å². The number of benzene rings is 2. The molecule has 1 N–H and O–H groups in total. The molecule has 1 aliphatic heterocycles. The first-order valence-electron chi connectivity index (χ1n) is 8.94. The van der Waals surface area contributed by atoms with Crippen molar-refractivity contribution in [3.63, 3.8) is 0 Å². The van der Waals surface area contributed by atoms with E-state index >= 15 is 0 Å². The minimum Gasteiger partial charge on any atom is -0.496 e. The van der Waals surface area contributed by atoms with Crippen LogP contribution in [0.3, 0.4) is 0 Å². The maximum Gasteiger partial charge on any atom is 0.289 e. The maximum atomic E-state index is 12.9. The van der Waals surface area contributed by atoms with Crippen LogP contribution < -0.4 is 9.46 Å². The molecule has 8 nitrogen and oxygen atoms in total. The molecule has 1 heterocycles. The van der Waals surface area contributed by atoms with Crippen LogP contribution in [-0.4, -0.2) is 40.2 Å². The minimum absolute atomic E-state index is 0.0292. The van der Waals surface area contributed by atoms with Crippen LogP contribution in [0.15, 0.2) is 47.4 Å². The van der Waals surface area contributed by atoms with E-state index in [1.165, 1.54) is 31.4 Å². The van der Waals surface area contributed by atoms with E-state index in [1.54, 1.807) is 18.2 Å². The van der Waals surface area contributed by atoms with Crippen LogP contribution in [0.5, 0.6) is 5.75 Å². The highest BCUT2D eigenvalue weighted by Crippen LogP contribution is 2.41. The number of para-hydroxylation sites is 1. The van der Waals surface area contributed by atoms with E-state index in [4.69, 9.17) is 21.1 Å². The molecule has 10 heteroatoms. The lowest BCUT2D eigenvalue weighted by atomic mass is 9.74. The molecule has 0 spiro atoms. The lowest BCUT2D eigenvalue weighted by molar-refractivity contribution is -0.387. The number of hydrogen-bond acceptors (Lipinski definition) is 6. The van der Waals surface area contributed by atoms with Crippen molar-refractivity contribution in [2.24, 2.45) is 0 Å². The van der Waals surface area contributed by atoms with Crippen molar-refractivity contribution in [2.45, 2.75) is 23.2 Å². The van der Waals surface area contributed by atoms with Crippen LogP contribution in [0, 0.1) is 10.1 Å². The predicted molar refractivity (Wildman–Crippen MR) is 108 cm³/mol. The smallest absolute Gasteiger partial charge is 0.289 e. The molecule has 0 saturated carbocycles. The number of hydrogen-bond donors (Lipinski definition) is 1. The highest BCUT2D eigenvalue weighted by atomic mass is 35.5. The Morgan fingerprint density at radius 2 is 1.93 bits per heavy atom. The molecule has 0 atom stereocenters. The van der Waals surface area contributed by atoms with Gasteiger partial charge in [0.05, 0.1) is 12.0 Å². The quantitative estimate of drug-likeness (QED) is 0.522. The third-order valence-corrected chi connectivity index (χ3v) is 6.82. The van der Waals surface area contributed by atoms with Crippen molar-refractivity contribution in [3.8, 4) is 5.75 Å². The number of rotatable bonds is 7. The van der Waals surface area contributed by atoms with Crippen LogP contribution in [0.2, 0.25) is 5.02 Å². The fraction of sp³-hybridized carbons (Fsp3) is 0.368. The molecular formula is C19H21ClN2O6S. The third-order valence-electron chi connectivity index (χ3n) is 5.13. The molecule has 1 saturated heterocycles. The van der Waals surface area contributed by atoms with Crippen molar-refractivity contribution < 1.29 is 22.8 Å². The van der Waals surface area contributed by atoms with E-state index in [9.17, 15) is 18.5 Å². The normalized spacial score (nSPS) is 16.3. The largest absolute Gasteiger partial charge is 0.496 e. The molecule has 2 aromatic rings. The fourth-order valence-corrected chi connectivity index (χ4v) is 5.01. The van der Waals surface area contributed by atoms with Gasteiger partial charge in [-0.1, -0.05) is 23.7 Å². The molecule has 2 aromatic carbocycles. The number of halogens is 1. The lowest BCUT2D eigenvalue weighted by Gasteiger charge is -2.38. The van der Waals surface area contributed by atoms with Crippen LogP contribution in [-0.2, 0) is 20.2 Å². The predicted octanol–water partition coefficient (Wildman–Crippen LogP) is 3.28. The van der Waals surface area contributed by atoms with Gasteiger partial charge in [-0.25, -0.2) is 13.1 Å². The summed E-state index contributed by atoms with van der Waals surface area (Å²) in [6.07, 6.45) is 1.09. The Labute approximate surface area is 174 Å². The maximum absolute atomic E-state index is 12.9. The summed E-state index contributed by atoms with van der Waals surface area (Å²) in [5.74, 6) is 0.598. The van der Waals surface area contributed by atoms with Crippen molar-refractivity contribution in [2.75, 3.05) is 26.9 Å². The Balaban J connectivity index is 1.97. The summed E-state index contributed by atoms with van der Waals surface area (Å²) in [5, 5.41) is 11.8. The van der Waals surface area contributed by atoms with Gasteiger partial charge in [0.1, 0.15) is 5.75 Å². The topological polar surface area (TPSA) is 108 Å². The number of nitro groups is 1. The second kappa shape index (κ2) is 8.66. The first-order valence-corrected chi connectivity index (χ1v) is 10.8. The lowest BCUT2D eigenvalue weighted by Crippen LogP contribution is -2.44. The van der Waals surface area contributed by atoms with Crippen molar-refractivity contribution in [1.82, 2.24) is 4.72 Å². The molecule has 0 unspecified atom stereocenters. The molecule has 0 aliphatic carbocycles. The van der Waals surface area contributed by atoms with Crippen LogP contribution in [0.1, 0.15) is 18.4 Å². The SMILES string of the molecule is COc1ccc(Cl)cc1C1(CNS(=O)(=O)c2ccccc2[N+](=O)[O-])CCOCC1. The Bertz CT molecular complexity index is 1010. The van der Waals surface area contributed by atoms with Gasteiger partial charge in [-0.2, -0.15) is 0 Å². The average molecular weight is 441 g/mol. The monoisotopic (exact) mass is 440 g/mol. The van der Waals surface area contributed by atoms with Gasteiger partial charge in [0.2, 0.25) is 10.0 Å². The minimum atomic E-state index is -4.12. The van der Waals surface area contributed by atoms with Crippen molar-refractivity contribution >= 4 is 27.3 Å². The summed E-state index contributed by atoms with van der Waals surface area (Å²) < 4.78 is 39.3. The Kier molecular flexibility index (Phi) is 6.42. The Morgan fingerprint density at radius 3 is 2.59 bits per heavy atom. The summed E-state index contributed by atoms with van der Waals surface area (Å²) in [4.78, 5) is 10.2. The van der Waals surface area contributed by atoms with Crippen LogP contribution in [0.25, 0.3) is 0 Å². The van der Waals surface area contributed by atoms with E-state index in [-0.39, 0.29) is 11.4 Å². The summed E-state index contributed by atoms with van der Waals surface area (Å²) in [6, 6.07) is 10.5. The molecule has 0 bridgehead atoms. The van der Waals surface area contributed by atoms with Gasteiger partial charge in [0.25, 0.3) is 5.69 Å². The van der Waals surface area contributed by atoms with E-state index in [1.807, 2.05) is 0 Å². The summed E-state index contributed by atoms with van der Waals surface area (Å²) in [6.45, 7) is 0.924. The molecule has 3 rings (SSSR count). The van der Waals surface area contributed by atoms with Crippen molar-refractivity contribution in [1.29, 1.82) is 0 Å². The van der Waals surface area contributed by atoms with E-state index < -0.39 is 26.0 Å². The van der Waals surface area contributed by atoms with Gasteiger partial charge in [0, 0.05) is 41.8 Å². The van der Waals surface area contributed by atoms with Gasteiger partial charge in [-0.3, -0.25) is 10.1 Å². The van der Waals surface area contributed by atoms with Crippen LogP contribution >= 0.6 is 11.6 Å². The molecule has 156 valence electrons. The van der Waals surface area contributed by atoms with Crippen LogP contribution in [0.4, 0.5) is 5.69 Å². The van der Waals surface area contributed by atoms with Gasteiger partial charge < -0.3 is 9.47 Å². The number of nitrogens with one attached hydrogen (secondary N) is 1. The summed E-state index contributed by atoms with van der Waals surface area (Å²) in [5.41, 5.74) is -0.312. The van der Waals surface area contributed by atoms with Gasteiger partial charge >= 0.3 is 0 Å². The second-order valence-corrected chi connectivity index (χ2v) is 8.96. The first kappa shape index (κ1) is 21.5. The molecule has 1 aliphatic rings. The zero-order valence-corrected chi connectivity index (χ0v) is 17.3. The number of methoxy groups -OCH3 is 1. The molecule has 0 amide bonds. The molecule has 0 aromatic heterocycles. The molecule has 1 fully saturated rings. The summed E-state index contributed by atoms with van der Waals surface area (Å²) >= 11 is 6.20. The second-order valence-electron chi connectivity index (χ2n) is 6.79.